The predicted molar refractivity (Wildman–Crippen MR) is 135 cm³/mol. The molecule has 0 radical (unpaired) electrons. The van der Waals surface area contributed by atoms with Crippen molar-refractivity contribution in [1.29, 1.82) is 0 Å². The number of rotatable bonds is 5. The van der Waals surface area contributed by atoms with Gasteiger partial charge in [-0.2, -0.15) is 26.7 Å². The molecule has 8 nitrogen and oxygen atoms in total. The number of nitrogens with zero attached hydrogens (tertiary/aromatic N) is 5. The third kappa shape index (κ3) is 5.65. The summed E-state index contributed by atoms with van der Waals surface area (Å²) >= 11 is 0. The Labute approximate surface area is 214 Å². The van der Waals surface area contributed by atoms with Crippen molar-refractivity contribution in [2.24, 2.45) is 4.99 Å². The van der Waals surface area contributed by atoms with Crippen LogP contribution in [0.4, 0.5) is 23.8 Å². The molecule has 1 amide bonds. The zero-order chi connectivity index (χ0) is 25.4. The van der Waals surface area contributed by atoms with Gasteiger partial charge in [-0.3, -0.25) is 9.89 Å². The Morgan fingerprint density at radius 3 is 2.56 bits per heavy atom. The van der Waals surface area contributed by atoms with E-state index in [0.717, 1.165) is 22.9 Å². The second kappa shape index (κ2) is 10.5. The fraction of sp³-hybridized carbons (Fsp3) is 0.417. The van der Waals surface area contributed by atoms with Gasteiger partial charge in [0, 0.05) is 18.3 Å². The number of ether oxygens (including phenoxy) is 1. The first kappa shape index (κ1) is 27.5. The fourth-order valence-electron chi connectivity index (χ4n) is 4.23. The number of halogens is 3. The Hall–Kier alpha value is -3.12. The summed E-state index contributed by atoms with van der Waals surface area (Å²) < 4.78 is 44.9. The van der Waals surface area contributed by atoms with E-state index in [0.29, 0.717) is 18.9 Å². The lowest BCUT2D eigenvalue weighted by Crippen LogP contribution is -2.47. The number of alkyl halides is 3. The molecule has 0 spiro atoms. The largest absolute Gasteiger partial charge is 0.451 e. The second-order valence-electron chi connectivity index (χ2n) is 9.20. The normalized spacial score (nSPS) is 17.4. The molecule has 1 N–H and O–H groups in total. The van der Waals surface area contributed by atoms with Crippen molar-refractivity contribution >= 4 is 31.2 Å². The number of amidine groups is 1. The Balaban J connectivity index is 0.00000361. The topological polar surface area (TPSA) is 83.0 Å². The average molecular weight is 523 g/mol. The van der Waals surface area contributed by atoms with Crippen molar-refractivity contribution in [2.45, 2.75) is 31.7 Å². The van der Waals surface area contributed by atoms with Gasteiger partial charge in [0.25, 0.3) is 0 Å². The summed E-state index contributed by atoms with van der Waals surface area (Å²) in [6, 6.07) is 10.9. The monoisotopic (exact) mass is 522 g/mol. The molecule has 0 unspecified atom stereocenters. The standard InChI is InChI=1S/C24H27F3N6O2.H2S/c1-23(2)17-12-29-20(30-19-10-11-28-21(31-19)24(25,26)27)16(17)13-33(23)22(34)35-18(14-32(3)4)15-8-6-5-7-9-15;/h5-11,18H,12-14H2,1-4H3,(H,28,29,30,31);1H2/t18-;/m1./s1. The number of nitrogens with one attached hydrogen (secondary N) is 1. The van der Waals surface area contributed by atoms with Crippen LogP contribution in [-0.4, -0.2) is 71.0 Å². The van der Waals surface area contributed by atoms with Gasteiger partial charge < -0.3 is 15.0 Å². The molecule has 3 heterocycles. The van der Waals surface area contributed by atoms with Crippen molar-refractivity contribution in [1.82, 2.24) is 19.8 Å². The Morgan fingerprint density at radius 2 is 1.92 bits per heavy atom. The summed E-state index contributed by atoms with van der Waals surface area (Å²) in [5.74, 6) is -0.864. The number of aliphatic imine (C=N–C) groups is 1. The van der Waals surface area contributed by atoms with Gasteiger partial charge in [0.15, 0.2) is 0 Å². The van der Waals surface area contributed by atoms with Crippen LogP contribution in [0.1, 0.15) is 31.3 Å². The zero-order valence-electron chi connectivity index (χ0n) is 20.4. The maximum atomic E-state index is 13.3. The van der Waals surface area contributed by atoms with Crippen LogP contribution >= 0.6 is 13.5 Å². The van der Waals surface area contributed by atoms with Crippen molar-refractivity contribution in [3.63, 3.8) is 0 Å². The van der Waals surface area contributed by atoms with E-state index < -0.39 is 29.7 Å². The van der Waals surface area contributed by atoms with E-state index in [4.69, 9.17) is 4.74 Å². The molecule has 0 bridgehead atoms. The summed E-state index contributed by atoms with van der Waals surface area (Å²) in [6.07, 6.45) is -4.55. The van der Waals surface area contributed by atoms with Gasteiger partial charge in [0.1, 0.15) is 17.8 Å². The van der Waals surface area contributed by atoms with Crippen LogP contribution in [0.25, 0.3) is 0 Å². The van der Waals surface area contributed by atoms with E-state index in [9.17, 15) is 18.0 Å². The second-order valence-corrected chi connectivity index (χ2v) is 9.20. The summed E-state index contributed by atoms with van der Waals surface area (Å²) in [7, 11) is 3.82. The highest BCUT2D eigenvalue weighted by molar-refractivity contribution is 7.59. The quantitative estimate of drug-likeness (QED) is 0.632. The Bertz CT molecular complexity index is 1170. The van der Waals surface area contributed by atoms with E-state index in [2.05, 4.69) is 20.3 Å². The lowest BCUT2D eigenvalue weighted by atomic mass is 9.94. The first-order valence-corrected chi connectivity index (χ1v) is 11.1. The first-order chi connectivity index (χ1) is 16.5. The molecule has 1 aromatic carbocycles. The zero-order valence-corrected chi connectivity index (χ0v) is 21.4. The van der Waals surface area contributed by atoms with Crippen molar-refractivity contribution in [3.05, 3.63) is 65.1 Å². The van der Waals surface area contributed by atoms with Gasteiger partial charge in [0.2, 0.25) is 5.82 Å². The average Bonchev–Trinajstić information content (AvgIpc) is 3.31. The molecular weight excluding hydrogens is 493 g/mol. The Kier molecular flexibility index (Phi) is 7.99. The highest BCUT2D eigenvalue weighted by atomic mass is 32.1. The molecule has 0 fully saturated rings. The number of carbonyl (C=O) groups excluding carboxylic acids is 1. The fourth-order valence-corrected chi connectivity index (χ4v) is 4.23. The summed E-state index contributed by atoms with van der Waals surface area (Å²) in [5.41, 5.74) is 1.87. The van der Waals surface area contributed by atoms with Gasteiger partial charge >= 0.3 is 12.3 Å². The van der Waals surface area contributed by atoms with Crippen LogP contribution in [0, 0.1) is 0 Å². The van der Waals surface area contributed by atoms with Crippen molar-refractivity contribution in [2.75, 3.05) is 39.0 Å². The molecule has 1 aromatic heterocycles. The summed E-state index contributed by atoms with van der Waals surface area (Å²) in [6.45, 7) is 4.87. The number of likely N-dealkylation sites (N-methyl/N-ethyl adjacent to an activating group) is 1. The minimum atomic E-state index is -4.66. The van der Waals surface area contributed by atoms with Crippen LogP contribution in [0.15, 0.2) is 58.7 Å². The smallest absolute Gasteiger partial charge is 0.440 e. The first-order valence-electron chi connectivity index (χ1n) is 11.1. The van der Waals surface area contributed by atoms with Gasteiger partial charge in [-0.1, -0.05) is 30.3 Å². The number of hydrogen-bond acceptors (Lipinski definition) is 7. The molecule has 12 heteroatoms. The van der Waals surface area contributed by atoms with E-state index in [1.54, 1.807) is 4.90 Å². The minimum Gasteiger partial charge on any atom is -0.440 e. The molecule has 2 aliphatic heterocycles. The van der Waals surface area contributed by atoms with E-state index in [1.807, 2.05) is 63.2 Å². The maximum absolute atomic E-state index is 13.3. The Morgan fingerprint density at radius 1 is 1.22 bits per heavy atom. The number of anilines is 1. The molecule has 1 atom stereocenters. The van der Waals surface area contributed by atoms with E-state index >= 15 is 0 Å². The molecule has 36 heavy (non-hydrogen) atoms. The van der Waals surface area contributed by atoms with Gasteiger partial charge in [-0.15, -0.1) is 0 Å². The lowest BCUT2D eigenvalue weighted by molar-refractivity contribution is -0.144. The molecule has 0 aliphatic carbocycles. The number of benzene rings is 1. The van der Waals surface area contributed by atoms with Gasteiger partial charge in [0.05, 0.1) is 18.6 Å². The maximum Gasteiger partial charge on any atom is 0.451 e. The minimum absolute atomic E-state index is 0. The van der Waals surface area contributed by atoms with Crippen LogP contribution in [0.3, 0.4) is 0 Å². The van der Waals surface area contributed by atoms with Crippen LogP contribution < -0.4 is 5.32 Å². The number of amides is 1. The van der Waals surface area contributed by atoms with Crippen molar-refractivity contribution in [3.8, 4) is 0 Å². The molecule has 0 saturated carbocycles. The number of aromatic nitrogens is 2. The van der Waals surface area contributed by atoms with Crippen LogP contribution in [0.2, 0.25) is 0 Å². The van der Waals surface area contributed by atoms with Gasteiger partial charge in [-0.25, -0.2) is 14.8 Å². The third-order valence-electron chi connectivity index (χ3n) is 6.10. The predicted octanol–water partition coefficient (Wildman–Crippen LogP) is 4.26. The molecule has 2 aromatic rings. The SMILES string of the molecule is CN(C)C[C@@H](OC(=O)N1CC2=C(CN=C2Nc2ccnc(C(F)(F)F)n2)C1(C)C)c1ccccc1.S. The van der Waals surface area contributed by atoms with E-state index in [-0.39, 0.29) is 25.9 Å². The number of carbonyl (C=O) groups is 1. The highest BCUT2D eigenvalue weighted by Crippen LogP contribution is 2.39. The van der Waals surface area contributed by atoms with Crippen LogP contribution in [0.5, 0.6) is 0 Å². The lowest BCUT2D eigenvalue weighted by Gasteiger charge is -2.35. The number of hydrogen-bond donors (Lipinski definition) is 1. The highest BCUT2D eigenvalue weighted by Gasteiger charge is 2.46. The summed E-state index contributed by atoms with van der Waals surface area (Å²) in [4.78, 5) is 28.2. The molecule has 194 valence electrons. The van der Waals surface area contributed by atoms with Crippen molar-refractivity contribution < 1.29 is 22.7 Å². The summed E-state index contributed by atoms with van der Waals surface area (Å²) in [5, 5.41) is 2.87. The van der Waals surface area contributed by atoms with Crippen LogP contribution in [-0.2, 0) is 10.9 Å². The molecule has 2 aliphatic rings. The molecular formula is C24H29F3N6O2S. The third-order valence-corrected chi connectivity index (χ3v) is 6.10. The molecule has 4 rings (SSSR count). The molecule has 0 saturated heterocycles. The van der Waals surface area contributed by atoms with E-state index in [1.165, 1.54) is 6.07 Å². The van der Waals surface area contributed by atoms with Gasteiger partial charge in [-0.05, 0) is 45.1 Å².